The van der Waals surface area contributed by atoms with Crippen molar-refractivity contribution in [3.05, 3.63) is 24.0 Å². The van der Waals surface area contributed by atoms with Crippen LogP contribution in [0.5, 0.6) is 0 Å². The van der Waals surface area contributed by atoms with E-state index in [1.807, 2.05) is 49.3 Å². The van der Waals surface area contributed by atoms with Crippen LogP contribution in [0.3, 0.4) is 0 Å². The Bertz CT molecular complexity index is 610. The van der Waals surface area contributed by atoms with E-state index < -0.39 is 0 Å². The summed E-state index contributed by atoms with van der Waals surface area (Å²) >= 11 is 0. The van der Waals surface area contributed by atoms with Gasteiger partial charge in [0, 0.05) is 27.3 Å². The molecule has 0 unspecified atom stereocenters. The molecular formula is C14H18N4O2. The molecule has 1 aliphatic carbocycles. The first-order valence-corrected chi connectivity index (χ1v) is 6.96. The first-order chi connectivity index (χ1) is 9.52. The minimum Gasteiger partial charge on any atom is -0.338 e. The van der Waals surface area contributed by atoms with E-state index in [-0.39, 0.29) is 36.1 Å². The average molecular weight is 274 g/mol. The summed E-state index contributed by atoms with van der Waals surface area (Å²) in [6, 6.07) is 4.45. The monoisotopic (exact) mass is 274 g/mol. The summed E-state index contributed by atoms with van der Waals surface area (Å²) in [6.45, 7) is 0. The largest absolute Gasteiger partial charge is 0.338 e. The van der Waals surface area contributed by atoms with Crippen LogP contribution in [0, 0.1) is 0 Å². The van der Waals surface area contributed by atoms with Gasteiger partial charge in [-0.25, -0.2) is 4.79 Å². The van der Waals surface area contributed by atoms with Gasteiger partial charge in [-0.15, -0.1) is 0 Å². The number of rotatable bonds is 0. The van der Waals surface area contributed by atoms with Crippen molar-refractivity contribution in [1.82, 2.24) is 19.3 Å². The molecular weight excluding hydrogens is 256 g/mol. The zero-order valence-electron chi connectivity index (χ0n) is 11.9. The number of fused-ring (bicyclic) bond motifs is 5. The molecule has 3 amide bonds. The van der Waals surface area contributed by atoms with Gasteiger partial charge >= 0.3 is 6.03 Å². The molecule has 2 fully saturated rings. The van der Waals surface area contributed by atoms with E-state index in [1.54, 1.807) is 4.90 Å². The van der Waals surface area contributed by atoms with Gasteiger partial charge in [-0.3, -0.25) is 4.79 Å². The highest BCUT2D eigenvalue weighted by molar-refractivity contribution is 5.94. The highest BCUT2D eigenvalue weighted by atomic mass is 16.2. The zero-order valence-corrected chi connectivity index (χ0v) is 11.9. The Hall–Kier alpha value is -1.98. The predicted molar refractivity (Wildman–Crippen MR) is 72.5 cm³/mol. The molecule has 2 aliphatic heterocycles. The number of likely N-dealkylation sites (N-methyl/N-ethyl adjacent to an activating group) is 3. The lowest BCUT2D eigenvalue weighted by molar-refractivity contribution is 0.0551. The van der Waals surface area contributed by atoms with E-state index in [4.69, 9.17) is 0 Å². The van der Waals surface area contributed by atoms with E-state index in [9.17, 15) is 9.59 Å². The predicted octanol–water partition coefficient (Wildman–Crippen LogP) is 0.621. The van der Waals surface area contributed by atoms with Crippen LogP contribution in [0.1, 0.15) is 23.0 Å². The number of hydrogen-bond acceptors (Lipinski definition) is 2. The second kappa shape index (κ2) is 3.56. The van der Waals surface area contributed by atoms with Gasteiger partial charge in [0.2, 0.25) is 0 Å². The molecule has 0 radical (unpaired) electrons. The fourth-order valence-corrected chi connectivity index (χ4v) is 4.32. The van der Waals surface area contributed by atoms with E-state index in [0.717, 1.165) is 12.1 Å². The third kappa shape index (κ3) is 1.15. The SMILES string of the molecule is CN1C(=O)N(C)[C@@H]2C[C@@H]3[C@H]([C@@H]21)N(C)C(=O)c1cccn13. The van der Waals surface area contributed by atoms with Crippen molar-refractivity contribution in [3.63, 3.8) is 0 Å². The Balaban J connectivity index is 1.83. The summed E-state index contributed by atoms with van der Waals surface area (Å²) in [5, 5.41) is 0. The number of aromatic nitrogens is 1. The molecule has 0 bridgehead atoms. The van der Waals surface area contributed by atoms with Gasteiger partial charge in [-0.05, 0) is 18.6 Å². The Morgan fingerprint density at radius 1 is 1.00 bits per heavy atom. The molecule has 0 aromatic carbocycles. The summed E-state index contributed by atoms with van der Waals surface area (Å²) in [5.74, 6) is 0.0484. The second-order valence-corrected chi connectivity index (χ2v) is 6.07. The summed E-state index contributed by atoms with van der Waals surface area (Å²) in [5.41, 5.74) is 0.755. The van der Waals surface area contributed by atoms with Crippen LogP contribution in [0.15, 0.2) is 18.3 Å². The van der Waals surface area contributed by atoms with Crippen LogP contribution in [0.2, 0.25) is 0 Å². The van der Waals surface area contributed by atoms with Gasteiger partial charge < -0.3 is 19.3 Å². The standard InChI is InChI=1S/C14H18N4O2/c1-15-9-7-10-12(11(9)17(3)14(15)20)16(2)13(19)8-5-4-6-18(8)10/h4-6,9-12H,7H2,1-3H3/t9-,10-,11-,12-/m1/s1. The molecule has 4 atom stereocenters. The van der Waals surface area contributed by atoms with Crippen LogP contribution in [0.4, 0.5) is 4.79 Å². The maximum absolute atomic E-state index is 12.5. The Morgan fingerprint density at radius 2 is 1.70 bits per heavy atom. The molecule has 1 aromatic heterocycles. The van der Waals surface area contributed by atoms with Crippen molar-refractivity contribution in [3.8, 4) is 0 Å². The van der Waals surface area contributed by atoms with E-state index >= 15 is 0 Å². The molecule has 4 rings (SSSR count). The molecule has 3 aliphatic rings. The molecule has 3 heterocycles. The number of amides is 3. The first-order valence-electron chi connectivity index (χ1n) is 6.96. The van der Waals surface area contributed by atoms with Crippen molar-refractivity contribution in [1.29, 1.82) is 0 Å². The minimum absolute atomic E-state index is 0.0484. The molecule has 20 heavy (non-hydrogen) atoms. The van der Waals surface area contributed by atoms with Crippen LogP contribution in [-0.2, 0) is 0 Å². The van der Waals surface area contributed by atoms with Gasteiger partial charge in [0.15, 0.2) is 0 Å². The van der Waals surface area contributed by atoms with Crippen LogP contribution < -0.4 is 0 Å². The van der Waals surface area contributed by atoms with Gasteiger partial charge in [-0.1, -0.05) is 0 Å². The highest BCUT2D eigenvalue weighted by Gasteiger charge is 2.58. The van der Waals surface area contributed by atoms with Crippen molar-refractivity contribution in [2.24, 2.45) is 0 Å². The number of hydrogen-bond donors (Lipinski definition) is 0. The molecule has 6 heteroatoms. The first kappa shape index (κ1) is 11.8. The lowest BCUT2D eigenvalue weighted by Crippen LogP contribution is -2.54. The number of carbonyl (C=O) groups excluding carboxylic acids is 2. The molecule has 0 N–H and O–H groups in total. The van der Waals surface area contributed by atoms with Gasteiger partial charge in [-0.2, -0.15) is 0 Å². The van der Waals surface area contributed by atoms with E-state index in [1.165, 1.54) is 0 Å². The third-order valence-corrected chi connectivity index (χ3v) is 5.29. The maximum atomic E-state index is 12.5. The smallest absolute Gasteiger partial charge is 0.320 e. The van der Waals surface area contributed by atoms with Crippen molar-refractivity contribution in [2.75, 3.05) is 21.1 Å². The van der Waals surface area contributed by atoms with Gasteiger partial charge in [0.25, 0.3) is 5.91 Å². The van der Waals surface area contributed by atoms with Crippen LogP contribution >= 0.6 is 0 Å². The van der Waals surface area contributed by atoms with E-state index in [2.05, 4.69) is 4.57 Å². The zero-order chi connectivity index (χ0) is 14.2. The lowest BCUT2D eigenvalue weighted by atomic mass is 10.0. The Labute approximate surface area is 117 Å². The van der Waals surface area contributed by atoms with Crippen LogP contribution in [0.25, 0.3) is 0 Å². The molecule has 0 spiro atoms. The Morgan fingerprint density at radius 3 is 2.45 bits per heavy atom. The third-order valence-electron chi connectivity index (χ3n) is 5.29. The molecule has 106 valence electrons. The second-order valence-electron chi connectivity index (χ2n) is 6.07. The Kier molecular flexibility index (Phi) is 2.10. The van der Waals surface area contributed by atoms with Crippen molar-refractivity contribution in [2.45, 2.75) is 30.6 Å². The summed E-state index contributed by atoms with van der Waals surface area (Å²) in [6.07, 6.45) is 2.89. The normalized spacial score (nSPS) is 35.5. The molecule has 1 aromatic rings. The van der Waals surface area contributed by atoms with Gasteiger partial charge in [0.1, 0.15) is 5.69 Å². The summed E-state index contributed by atoms with van der Waals surface area (Å²) < 4.78 is 2.09. The van der Waals surface area contributed by atoms with E-state index in [0.29, 0.717) is 0 Å². The topological polar surface area (TPSA) is 48.8 Å². The number of urea groups is 1. The lowest BCUT2D eigenvalue weighted by Gasteiger charge is -2.40. The highest BCUT2D eigenvalue weighted by Crippen LogP contribution is 2.45. The average Bonchev–Trinajstić information content (AvgIpc) is 3.09. The minimum atomic E-state index is 0.0484. The molecule has 1 saturated heterocycles. The van der Waals surface area contributed by atoms with Gasteiger partial charge in [0.05, 0.1) is 24.2 Å². The fraction of sp³-hybridized carbons (Fsp3) is 0.571. The number of nitrogens with zero attached hydrogens (tertiary/aromatic N) is 4. The summed E-state index contributed by atoms with van der Waals surface area (Å²) in [4.78, 5) is 30.0. The molecule has 6 nitrogen and oxygen atoms in total. The van der Waals surface area contributed by atoms with Crippen molar-refractivity contribution >= 4 is 11.9 Å². The summed E-state index contributed by atoms with van der Waals surface area (Å²) in [7, 11) is 5.56. The quantitative estimate of drug-likeness (QED) is 0.696. The number of carbonyl (C=O) groups is 2. The van der Waals surface area contributed by atoms with Crippen molar-refractivity contribution < 1.29 is 9.59 Å². The fourth-order valence-electron chi connectivity index (χ4n) is 4.32. The molecule has 1 saturated carbocycles. The maximum Gasteiger partial charge on any atom is 0.320 e. The van der Waals surface area contributed by atoms with Crippen LogP contribution in [-0.4, -0.2) is 70.5 Å².